The molecule has 1 amide bonds. The van der Waals surface area contributed by atoms with E-state index in [0.717, 1.165) is 10.5 Å². The number of hydrogen-bond donors (Lipinski definition) is 0. The zero-order valence-electron chi connectivity index (χ0n) is 20.0. The molecule has 6 nitrogen and oxygen atoms in total. The van der Waals surface area contributed by atoms with E-state index in [1.807, 2.05) is 36.4 Å². The van der Waals surface area contributed by atoms with Crippen LogP contribution in [0.1, 0.15) is 21.8 Å². The molecule has 2 aromatic carbocycles. The second kappa shape index (κ2) is 10.7. The van der Waals surface area contributed by atoms with Crippen LogP contribution >= 0.6 is 24.2 Å². The van der Waals surface area contributed by atoms with Gasteiger partial charge in [-0.25, -0.2) is 0 Å². The van der Waals surface area contributed by atoms with E-state index >= 15 is 0 Å². The number of fused-ring (bicyclic) bond motifs is 1. The van der Waals surface area contributed by atoms with Crippen LogP contribution in [-0.2, 0) is 14.3 Å². The fourth-order valence-corrected chi connectivity index (χ4v) is 4.51. The molecule has 1 heterocycles. The summed E-state index contributed by atoms with van der Waals surface area (Å²) >= 11 is 1.44. The number of nitrogens with zero attached hydrogens (tertiary/aromatic N) is 2. The maximum atomic E-state index is 13.7. The summed E-state index contributed by atoms with van der Waals surface area (Å²) in [6, 6.07) is 14.7. The van der Waals surface area contributed by atoms with Crippen LogP contribution in [0.25, 0.3) is 0 Å². The van der Waals surface area contributed by atoms with Crippen molar-refractivity contribution in [2.45, 2.75) is 23.2 Å². The Hall–Kier alpha value is -2.22. The lowest BCUT2D eigenvalue weighted by molar-refractivity contribution is -0.152. The number of benzene rings is 2. The molecule has 0 saturated heterocycles. The molecule has 1 aliphatic rings. The first-order valence-corrected chi connectivity index (χ1v) is 10.1. The molecule has 162 valence electrons. The second-order valence-corrected chi connectivity index (χ2v) is 7.90. The number of likely N-dealkylation sites (N-methyl/N-ethyl adjacent to an activating group) is 1. The molecule has 0 saturated carbocycles. The predicted molar refractivity (Wildman–Crippen MR) is 122 cm³/mol. The number of halogens is 1. The van der Waals surface area contributed by atoms with Gasteiger partial charge >= 0.3 is 5.97 Å². The van der Waals surface area contributed by atoms with Gasteiger partial charge in [0.2, 0.25) is 0 Å². The molecule has 0 radical (unpaired) electrons. The SMILES string of the molecule is Cl.[2H]C([2H])([2H])N(C)CCN1C(=O)[C@H](OC(C)=O)[C@H](c2ccc(OC)cc2)Sc2ccccc21. The van der Waals surface area contributed by atoms with E-state index in [1.54, 1.807) is 19.2 Å². The van der Waals surface area contributed by atoms with Gasteiger partial charge in [0.15, 0.2) is 6.10 Å². The van der Waals surface area contributed by atoms with Crippen molar-refractivity contribution in [2.24, 2.45) is 0 Å². The van der Waals surface area contributed by atoms with Crippen molar-refractivity contribution in [1.29, 1.82) is 0 Å². The van der Waals surface area contributed by atoms with Crippen molar-refractivity contribution >= 4 is 41.7 Å². The third-order valence-corrected chi connectivity index (χ3v) is 5.96. The number of anilines is 1. The number of thioether (sulfide) groups is 1. The maximum absolute atomic E-state index is 13.7. The Balaban J connectivity index is 0.00000385. The fraction of sp³-hybridized carbons (Fsp3) is 0.364. The van der Waals surface area contributed by atoms with Crippen LogP contribution in [0, 0.1) is 0 Å². The molecule has 0 N–H and O–H groups in total. The van der Waals surface area contributed by atoms with Crippen LogP contribution in [0.3, 0.4) is 0 Å². The smallest absolute Gasteiger partial charge is 0.303 e. The molecule has 0 unspecified atom stereocenters. The molecule has 30 heavy (non-hydrogen) atoms. The average molecular weight is 454 g/mol. The van der Waals surface area contributed by atoms with Gasteiger partial charge in [0, 0.05) is 29.0 Å². The van der Waals surface area contributed by atoms with Gasteiger partial charge < -0.3 is 19.3 Å². The number of ether oxygens (including phenoxy) is 2. The molecule has 3 rings (SSSR count). The molecule has 0 spiro atoms. The minimum Gasteiger partial charge on any atom is -0.497 e. The highest BCUT2D eigenvalue weighted by molar-refractivity contribution is 7.99. The number of rotatable bonds is 6. The van der Waals surface area contributed by atoms with E-state index in [-0.39, 0.29) is 25.5 Å². The lowest BCUT2D eigenvalue weighted by atomic mass is 10.1. The highest BCUT2D eigenvalue weighted by Gasteiger charge is 2.40. The Kier molecular flexibility index (Phi) is 7.04. The topological polar surface area (TPSA) is 59.1 Å². The van der Waals surface area contributed by atoms with Crippen molar-refractivity contribution in [3.05, 3.63) is 54.1 Å². The predicted octanol–water partition coefficient (Wildman–Crippen LogP) is 3.79. The summed E-state index contributed by atoms with van der Waals surface area (Å²) in [6.45, 7) is -0.739. The van der Waals surface area contributed by atoms with E-state index in [9.17, 15) is 9.59 Å². The van der Waals surface area contributed by atoms with Crippen LogP contribution < -0.4 is 9.64 Å². The van der Waals surface area contributed by atoms with Crippen molar-refractivity contribution in [2.75, 3.05) is 39.1 Å². The minimum absolute atomic E-state index is 0. The lowest BCUT2D eigenvalue weighted by Gasteiger charge is -2.28. The normalized spacial score (nSPS) is 20.2. The third-order valence-electron chi connectivity index (χ3n) is 4.59. The van der Waals surface area contributed by atoms with Crippen LogP contribution in [-0.4, -0.2) is 57.1 Å². The summed E-state index contributed by atoms with van der Waals surface area (Å²) in [4.78, 5) is 29.2. The molecule has 2 aromatic rings. The summed E-state index contributed by atoms with van der Waals surface area (Å²) in [5.41, 5.74) is 1.47. The van der Waals surface area contributed by atoms with Crippen LogP contribution in [0.4, 0.5) is 5.69 Å². The quantitative estimate of drug-likeness (QED) is 0.620. The molecule has 2 atom stereocenters. The number of methoxy groups -OCH3 is 1. The third kappa shape index (κ3) is 5.47. The minimum atomic E-state index is -2.27. The Morgan fingerprint density at radius 1 is 1.23 bits per heavy atom. The summed E-state index contributed by atoms with van der Waals surface area (Å²) in [5, 5.41) is -0.483. The van der Waals surface area contributed by atoms with E-state index in [2.05, 4.69) is 0 Å². The number of hydrogen-bond acceptors (Lipinski definition) is 6. The number of carbonyl (C=O) groups is 2. The van der Waals surface area contributed by atoms with E-state index in [1.165, 1.54) is 35.5 Å². The van der Waals surface area contributed by atoms with Gasteiger partial charge in [0.25, 0.3) is 5.91 Å². The van der Waals surface area contributed by atoms with E-state index < -0.39 is 30.2 Å². The molecular formula is C22H27ClN2O4S. The Morgan fingerprint density at radius 3 is 2.57 bits per heavy atom. The molecule has 0 aliphatic carbocycles. The Bertz CT molecular complexity index is 975. The van der Waals surface area contributed by atoms with Crippen molar-refractivity contribution in [3.63, 3.8) is 0 Å². The first-order valence-electron chi connectivity index (χ1n) is 10.7. The van der Waals surface area contributed by atoms with Crippen molar-refractivity contribution in [1.82, 2.24) is 4.90 Å². The zero-order valence-corrected chi connectivity index (χ0v) is 18.7. The number of para-hydroxylation sites is 1. The summed E-state index contributed by atoms with van der Waals surface area (Å²) in [6.07, 6.45) is -1.07. The van der Waals surface area contributed by atoms with Crippen LogP contribution in [0.15, 0.2) is 53.4 Å². The first-order chi connectivity index (χ1) is 15.1. The molecule has 0 fully saturated rings. The van der Waals surface area contributed by atoms with E-state index in [4.69, 9.17) is 13.6 Å². The highest BCUT2D eigenvalue weighted by Crippen LogP contribution is 2.46. The van der Waals surface area contributed by atoms with Crippen LogP contribution in [0.2, 0.25) is 0 Å². The van der Waals surface area contributed by atoms with Gasteiger partial charge in [-0.05, 0) is 43.9 Å². The van der Waals surface area contributed by atoms with Gasteiger partial charge in [0.1, 0.15) is 5.75 Å². The summed E-state index contributed by atoms with van der Waals surface area (Å²) in [7, 11) is 3.06. The van der Waals surface area contributed by atoms with Crippen LogP contribution in [0.5, 0.6) is 5.75 Å². The number of carbonyl (C=O) groups excluding carboxylic acids is 2. The first kappa shape index (κ1) is 19.7. The highest BCUT2D eigenvalue weighted by atomic mass is 35.5. The van der Waals surface area contributed by atoms with Gasteiger partial charge in [-0.3, -0.25) is 9.59 Å². The fourth-order valence-electron chi connectivity index (χ4n) is 3.19. The largest absolute Gasteiger partial charge is 0.497 e. The maximum Gasteiger partial charge on any atom is 0.303 e. The molecule has 0 aromatic heterocycles. The molecule has 8 heteroatoms. The average Bonchev–Trinajstić information content (AvgIpc) is 2.86. The van der Waals surface area contributed by atoms with Gasteiger partial charge in [-0.15, -0.1) is 24.2 Å². The Labute approximate surface area is 192 Å². The zero-order chi connectivity index (χ0) is 23.5. The molecular weight excluding hydrogens is 424 g/mol. The standard InChI is InChI=1S/C22H26N2O4S.ClH/c1-15(25)28-20-21(16-9-11-17(27-4)12-10-16)29-19-8-6-5-7-18(19)24(22(20)26)14-13-23(2)3;/h5-12,20-21H,13-14H2,1-4H3;1H/t20-,21+;/m1./s1/i2D3;. The number of esters is 1. The number of amides is 1. The second-order valence-electron chi connectivity index (χ2n) is 6.72. The Morgan fingerprint density at radius 2 is 1.93 bits per heavy atom. The molecule has 1 aliphatic heterocycles. The van der Waals surface area contributed by atoms with Gasteiger partial charge in [0.05, 0.1) is 18.0 Å². The lowest BCUT2D eigenvalue weighted by Crippen LogP contribution is -2.45. The van der Waals surface area contributed by atoms with Crippen molar-refractivity contribution < 1.29 is 23.2 Å². The van der Waals surface area contributed by atoms with Crippen molar-refractivity contribution in [3.8, 4) is 5.75 Å². The summed E-state index contributed by atoms with van der Waals surface area (Å²) < 4.78 is 33.5. The van der Waals surface area contributed by atoms with E-state index in [0.29, 0.717) is 11.4 Å². The van der Waals surface area contributed by atoms with Gasteiger partial charge in [-0.1, -0.05) is 24.3 Å². The molecule has 0 bridgehead atoms. The monoisotopic (exact) mass is 453 g/mol. The van der Waals surface area contributed by atoms with Gasteiger partial charge in [-0.2, -0.15) is 0 Å². The summed E-state index contributed by atoms with van der Waals surface area (Å²) in [5.74, 6) is -0.275.